The number of aliphatic hydroxyl groups excluding tert-OH is 6. The van der Waals surface area contributed by atoms with Gasteiger partial charge in [0, 0.05) is 84.9 Å². The highest BCUT2D eigenvalue weighted by Gasteiger charge is 2.47. The van der Waals surface area contributed by atoms with E-state index in [2.05, 4.69) is 42.0 Å². The smallest absolute Gasteiger partial charge is 0.408 e. The second-order valence-electron chi connectivity index (χ2n) is 26.5. The molecule has 0 aromatic carbocycles. The number of urea groups is 1. The summed E-state index contributed by atoms with van der Waals surface area (Å²) < 4.78 is 38.6. The van der Waals surface area contributed by atoms with Gasteiger partial charge in [-0.15, -0.1) is 0 Å². The van der Waals surface area contributed by atoms with Crippen LogP contribution in [0.5, 0.6) is 0 Å². The number of hydrogen-bond acceptors (Lipinski definition) is 28. The summed E-state index contributed by atoms with van der Waals surface area (Å²) in [6, 6.07) is -2.31. The Kier molecular flexibility index (Phi) is 42.2. The van der Waals surface area contributed by atoms with E-state index < -0.39 is 203 Å². The van der Waals surface area contributed by atoms with Gasteiger partial charge in [0.25, 0.3) is 11.1 Å². The average molecular weight is 1540 g/mol. The molecule has 6 rings (SSSR count). The quantitative estimate of drug-likeness (QED) is 0.0396. The number of aliphatic hydroxyl groups is 6. The van der Waals surface area contributed by atoms with E-state index in [4.69, 9.17) is 43.7 Å². The number of aliphatic carboxylic acids is 2. The maximum absolute atomic E-state index is 13.2. The van der Waals surface area contributed by atoms with Gasteiger partial charge in [0.05, 0.1) is 18.6 Å². The minimum absolute atomic E-state index is 0. The molecule has 0 saturated carbocycles. The largest absolute Gasteiger partial charge is 0.481 e. The van der Waals surface area contributed by atoms with Crippen molar-refractivity contribution in [3.63, 3.8) is 0 Å². The Balaban J connectivity index is -0.00000162. The molecule has 4 fully saturated rings. The summed E-state index contributed by atoms with van der Waals surface area (Å²) >= 11 is 0. The van der Waals surface area contributed by atoms with Crippen LogP contribution < -0.4 is 59.7 Å². The lowest BCUT2D eigenvalue weighted by atomic mass is 10.1. The number of carboxylic acids is 2. The number of nitrogens with zero attached hydrogens (tertiary/aromatic N) is 3. The number of aromatic amines is 2. The highest BCUT2D eigenvalue weighted by Crippen LogP contribution is 2.30. The fourth-order valence-electron chi connectivity index (χ4n) is 9.75. The predicted octanol–water partition coefficient (Wildman–Crippen LogP) is -1.54. The average Bonchev–Trinajstić information content (AvgIpc) is 1.66. The summed E-state index contributed by atoms with van der Waals surface area (Å²) in [4.78, 5) is 183. The standard InChI is InChI=1S/C29H43N7O13.C19H28N4O10.C12H21NO6.CH4O.4CH4.H2/c1-13-12-36(27(45)34-23(13)42)20-9-15(37)16(47-20)10-30-18(38)6-5-14(32-28(46)49-29(2,3)4)24(43)31-11-17-21(40)22(41)25(48-17)35-8-7-19(39)33-26(35)44;1-19(2,3)33-18(31)21-9(4-5-12(25)26)15(29)20-8-10-13(27)14(28)16(32-10)23-7-6-11(24)22-17(23)30;1-5-18-9(14)7-6-8(10(15)16)13-11(17)19-12(2,3)4;1-2;;;;;/h7-8,13-17,20-22,25,37,40-41H,5-6,9-12H2,1-4H3,(H,30,38)(H,31,43)(H,32,46)(H,33,39,44)(H,34,42,45);6-7,9-10,13-14,16,27-28H,4-5,8H2,1-3H3,(H,20,29)(H,21,31)(H,25,26)(H,22,24,30);8H,5-7H2,1-4H3,(H,13,17)(H,15,16);2H,1H3;4*1H4;1H. The molecule has 17 N–H and O–H groups in total. The number of alkyl carbamates (subject to hydrolysis) is 3. The van der Waals surface area contributed by atoms with Crippen molar-refractivity contribution < 1.29 is 128 Å². The molecule has 0 bridgehead atoms. The zero-order valence-electron chi connectivity index (χ0n) is 58.9. The lowest BCUT2D eigenvalue weighted by Crippen LogP contribution is -2.57. The van der Waals surface area contributed by atoms with Crippen LogP contribution in [-0.4, -0.2) is 261 Å². The Labute approximate surface area is 618 Å². The Morgan fingerprint density at radius 3 is 1.35 bits per heavy atom. The monoisotopic (exact) mass is 1540 g/mol. The molecular weight excluding hydrogens is 1430 g/mol. The number of nitrogens with one attached hydrogen (secondary N) is 9. The van der Waals surface area contributed by atoms with Crippen LogP contribution in [0, 0.1) is 5.92 Å². The van der Waals surface area contributed by atoms with Crippen molar-refractivity contribution in [3.8, 4) is 0 Å². The molecule has 15 atom stereocenters. The molecule has 4 saturated heterocycles. The van der Waals surface area contributed by atoms with Gasteiger partial charge in [-0.2, -0.15) is 0 Å². The van der Waals surface area contributed by atoms with E-state index in [1.807, 2.05) is 9.97 Å². The number of aromatic nitrogens is 4. The van der Waals surface area contributed by atoms with Crippen LogP contribution >= 0.6 is 0 Å². The number of carboxylic acid groups (broad SMARTS) is 2. The second-order valence-corrected chi connectivity index (χ2v) is 26.5. The summed E-state index contributed by atoms with van der Waals surface area (Å²) in [5.41, 5.74) is -5.54. The number of carbonyl (C=O) groups excluding carboxylic acids is 9. The lowest BCUT2D eigenvalue weighted by molar-refractivity contribution is -0.144. The van der Waals surface area contributed by atoms with E-state index in [1.165, 1.54) is 4.90 Å². The second kappa shape index (κ2) is 45.3. The van der Waals surface area contributed by atoms with Gasteiger partial charge < -0.3 is 106 Å². The SMILES string of the molecule is C.C.C.C.CC(C)(C)OC(=O)NC(CCC(=O)O)C(=O)NCC1OC(n2ccc(=O)[nH]c2=O)C(O)C1O.CC1CN(C2CC(O)C(CNC(=O)CCC(NC(=O)OC(C)(C)C)C(=O)NCC3OC(n4ccc(=O)[nH]c4=O)C(O)C3O)O2)C(=O)NC1=O.CCOC(=O)CCC(NC(=O)OC(C)(C)C)C(=O)O.CO.[HH]. The van der Waals surface area contributed by atoms with E-state index in [-0.39, 0.29) is 102 Å². The van der Waals surface area contributed by atoms with E-state index in [0.29, 0.717) is 0 Å². The summed E-state index contributed by atoms with van der Waals surface area (Å²) in [6.45, 7) is 17.5. The zero-order chi connectivity index (χ0) is 78.2. The van der Waals surface area contributed by atoms with Crippen LogP contribution in [-0.2, 0) is 66.7 Å². The first-order chi connectivity index (χ1) is 47.9. The van der Waals surface area contributed by atoms with Gasteiger partial charge >= 0.3 is 53.6 Å². The first kappa shape index (κ1) is 99.6. The third kappa shape index (κ3) is 33.5. The van der Waals surface area contributed by atoms with Crippen molar-refractivity contribution in [2.45, 2.75) is 253 Å². The number of ether oxygens (including phenoxy) is 7. The summed E-state index contributed by atoms with van der Waals surface area (Å²) in [5, 5.41) is 93.5. The third-order valence-corrected chi connectivity index (χ3v) is 14.6. The fraction of sp³-hybridized carbons (Fsp3) is 0.708. The number of esters is 1. The predicted molar refractivity (Wildman–Crippen MR) is 378 cm³/mol. The van der Waals surface area contributed by atoms with Gasteiger partial charge in [0.15, 0.2) is 12.5 Å². The van der Waals surface area contributed by atoms with E-state index in [9.17, 15) is 97.5 Å². The van der Waals surface area contributed by atoms with E-state index >= 15 is 0 Å². The Hall–Kier alpha value is -9.43. The zero-order valence-corrected chi connectivity index (χ0v) is 58.9. The molecule has 107 heavy (non-hydrogen) atoms. The number of rotatable bonds is 25. The molecule has 0 spiro atoms. The molecule has 9 amide bonds. The number of imide groups is 1. The molecule has 0 radical (unpaired) electrons. The number of carbonyl (C=O) groups is 11. The van der Waals surface area contributed by atoms with E-state index in [1.54, 1.807) is 76.2 Å². The molecule has 2 aromatic heterocycles. The van der Waals surface area contributed by atoms with Crippen LogP contribution in [0.4, 0.5) is 19.2 Å². The minimum atomic E-state index is -1.59. The van der Waals surface area contributed by atoms with Gasteiger partial charge in [-0.1, -0.05) is 36.6 Å². The highest BCUT2D eigenvalue weighted by atomic mass is 16.6. The Bertz CT molecular complexity index is 3500. The van der Waals surface area contributed by atoms with Gasteiger partial charge in [0.2, 0.25) is 23.6 Å². The fourth-order valence-corrected chi connectivity index (χ4v) is 9.75. The van der Waals surface area contributed by atoms with Crippen molar-refractivity contribution in [2.75, 3.05) is 39.9 Å². The van der Waals surface area contributed by atoms with Gasteiger partial charge in [-0.3, -0.25) is 67.7 Å². The third-order valence-electron chi connectivity index (χ3n) is 14.6. The molecule has 4 aliphatic rings. The Morgan fingerprint density at radius 2 is 0.963 bits per heavy atom. The molecule has 0 aliphatic carbocycles. The van der Waals surface area contributed by atoms with Crippen molar-refractivity contribution >= 4 is 65.8 Å². The van der Waals surface area contributed by atoms with Gasteiger partial charge in [-0.05, 0) is 88.5 Å². The first-order valence-electron chi connectivity index (χ1n) is 32.3. The lowest BCUT2D eigenvalue weighted by Gasteiger charge is -2.34. The highest BCUT2D eigenvalue weighted by molar-refractivity contribution is 5.98. The van der Waals surface area contributed by atoms with Gasteiger partial charge in [0.1, 0.15) is 83.9 Å². The molecule has 2 aromatic rings. The number of amides is 9. The maximum Gasteiger partial charge on any atom is 0.408 e. The van der Waals surface area contributed by atoms with Crippen LogP contribution in [0.3, 0.4) is 0 Å². The minimum Gasteiger partial charge on any atom is -0.481 e. The molecule has 42 nitrogen and oxygen atoms in total. The molecule has 42 heteroatoms. The van der Waals surface area contributed by atoms with Gasteiger partial charge in [-0.25, -0.2) is 33.6 Å². The molecule has 6 heterocycles. The van der Waals surface area contributed by atoms with Crippen molar-refractivity contribution in [1.29, 1.82) is 0 Å². The van der Waals surface area contributed by atoms with E-state index in [0.717, 1.165) is 40.8 Å². The van der Waals surface area contributed by atoms with Crippen LogP contribution in [0.25, 0.3) is 0 Å². The molecule has 15 unspecified atom stereocenters. The van der Waals surface area contributed by atoms with Crippen LogP contribution in [0.1, 0.15) is 165 Å². The first-order valence-corrected chi connectivity index (χ1v) is 32.3. The van der Waals surface area contributed by atoms with Crippen LogP contribution in [0.15, 0.2) is 43.7 Å². The maximum atomic E-state index is 13.2. The number of H-pyrrole nitrogens is 2. The normalized spacial score (nSPS) is 22.9. The van der Waals surface area contributed by atoms with Crippen molar-refractivity contribution in [2.24, 2.45) is 5.92 Å². The topological polar surface area (TPSA) is 611 Å². The van der Waals surface area contributed by atoms with Crippen molar-refractivity contribution in [3.05, 3.63) is 66.2 Å². The van der Waals surface area contributed by atoms with Crippen LogP contribution in [0.2, 0.25) is 0 Å². The number of hydrogen-bond donors (Lipinski definition) is 17. The van der Waals surface area contributed by atoms with Crippen molar-refractivity contribution in [1.82, 2.24) is 61.2 Å². The summed E-state index contributed by atoms with van der Waals surface area (Å²) in [6.07, 6.45) is -15.6. The molecular formula is C65H114N12O30. The summed E-state index contributed by atoms with van der Waals surface area (Å²) in [7, 11) is 1.00. The summed E-state index contributed by atoms with van der Waals surface area (Å²) in [5.74, 6) is -5.88. The molecule has 614 valence electrons. The Morgan fingerprint density at radius 1 is 0.570 bits per heavy atom. The molecule has 4 aliphatic heterocycles.